The fourth-order valence-electron chi connectivity index (χ4n) is 2.96. The van der Waals surface area contributed by atoms with Crippen molar-refractivity contribution < 1.29 is 9.18 Å². The molecule has 0 bridgehead atoms. The van der Waals surface area contributed by atoms with Gasteiger partial charge in [-0.1, -0.05) is 44.2 Å². The summed E-state index contributed by atoms with van der Waals surface area (Å²) in [6, 6.07) is 14.5. The lowest BCUT2D eigenvalue weighted by Crippen LogP contribution is -2.20. The first-order valence-corrected chi connectivity index (χ1v) is 8.70. The minimum Gasteiger partial charge on any atom is -0.319 e. The van der Waals surface area contributed by atoms with Gasteiger partial charge in [-0.25, -0.2) is 4.39 Å². The second kappa shape index (κ2) is 6.75. The van der Waals surface area contributed by atoms with Crippen molar-refractivity contribution in [1.29, 1.82) is 0 Å². The molecule has 0 radical (unpaired) electrons. The molecule has 136 valence electrons. The largest absolute Gasteiger partial charge is 0.319 e. The van der Waals surface area contributed by atoms with Crippen LogP contribution >= 0.6 is 0 Å². The molecule has 4 rings (SSSR count). The lowest BCUT2D eigenvalue weighted by Gasteiger charge is -2.08. The van der Waals surface area contributed by atoms with Gasteiger partial charge >= 0.3 is 0 Å². The van der Waals surface area contributed by atoms with Crippen LogP contribution in [0.5, 0.6) is 0 Å². The summed E-state index contributed by atoms with van der Waals surface area (Å²) >= 11 is 0. The van der Waals surface area contributed by atoms with Crippen LogP contribution in [-0.4, -0.2) is 25.7 Å². The number of nitrogens with zero attached hydrogens (tertiary/aromatic N) is 4. The van der Waals surface area contributed by atoms with E-state index in [1.54, 1.807) is 19.9 Å². The van der Waals surface area contributed by atoms with Gasteiger partial charge in [-0.15, -0.1) is 10.2 Å². The normalized spacial score (nSPS) is 11.4. The summed E-state index contributed by atoms with van der Waals surface area (Å²) in [5.74, 6) is -0.597. The Kier molecular flexibility index (Phi) is 4.27. The van der Waals surface area contributed by atoms with Crippen molar-refractivity contribution in [3.05, 3.63) is 59.9 Å². The first-order chi connectivity index (χ1) is 13.0. The van der Waals surface area contributed by atoms with E-state index in [4.69, 9.17) is 0 Å². The molecular formula is C20H18FN5O. The lowest BCUT2D eigenvalue weighted by molar-refractivity contribution is -0.118. The summed E-state index contributed by atoms with van der Waals surface area (Å²) in [7, 11) is 0. The van der Waals surface area contributed by atoms with Crippen molar-refractivity contribution in [2.45, 2.75) is 20.4 Å². The molecule has 0 aliphatic heterocycles. The molecule has 7 heteroatoms. The van der Waals surface area contributed by atoms with Crippen LogP contribution in [0.4, 0.5) is 10.3 Å². The van der Waals surface area contributed by atoms with E-state index in [1.165, 1.54) is 12.1 Å². The van der Waals surface area contributed by atoms with E-state index >= 15 is 0 Å². The fourth-order valence-corrected chi connectivity index (χ4v) is 2.96. The number of carbonyl (C=O) groups is 1. The van der Waals surface area contributed by atoms with Gasteiger partial charge in [0.05, 0.1) is 5.52 Å². The highest BCUT2D eigenvalue weighted by Crippen LogP contribution is 2.28. The maximum atomic E-state index is 13.8. The smallest absolute Gasteiger partial charge is 0.251 e. The molecule has 6 nitrogen and oxygen atoms in total. The molecule has 1 N–H and O–H groups in total. The molecule has 0 atom stereocenters. The first kappa shape index (κ1) is 17.1. The van der Waals surface area contributed by atoms with Crippen LogP contribution in [0.1, 0.15) is 19.4 Å². The van der Waals surface area contributed by atoms with E-state index < -0.39 is 0 Å². The fraction of sp³-hybridized carbons (Fsp3) is 0.200. The van der Waals surface area contributed by atoms with Crippen LogP contribution in [0, 0.1) is 11.7 Å². The number of carbonyl (C=O) groups excluding carboxylic acids is 1. The first-order valence-electron chi connectivity index (χ1n) is 8.70. The molecule has 2 aromatic carbocycles. The van der Waals surface area contributed by atoms with Crippen molar-refractivity contribution in [3.63, 3.8) is 0 Å². The Balaban J connectivity index is 1.89. The highest BCUT2D eigenvalue weighted by Gasteiger charge is 2.17. The molecule has 27 heavy (non-hydrogen) atoms. The summed E-state index contributed by atoms with van der Waals surface area (Å²) in [4.78, 5) is 16.5. The number of nitrogens with one attached hydrogen (secondary N) is 1. The molecule has 0 spiro atoms. The Bertz CT molecular complexity index is 1140. The number of benzene rings is 2. The van der Waals surface area contributed by atoms with Crippen LogP contribution in [0.25, 0.3) is 22.1 Å². The van der Waals surface area contributed by atoms with Crippen molar-refractivity contribution in [1.82, 2.24) is 19.7 Å². The monoisotopic (exact) mass is 363 g/mol. The summed E-state index contributed by atoms with van der Waals surface area (Å²) in [6.07, 6.45) is 0. The number of halogens is 1. The second-order valence-electron chi connectivity index (χ2n) is 6.68. The van der Waals surface area contributed by atoms with E-state index in [0.29, 0.717) is 23.1 Å². The Morgan fingerprint density at radius 1 is 1.15 bits per heavy atom. The molecular weight excluding hydrogens is 345 g/mol. The van der Waals surface area contributed by atoms with E-state index in [1.807, 2.05) is 34.9 Å². The average molecular weight is 363 g/mol. The lowest BCUT2D eigenvalue weighted by atomic mass is 10.2. The molecule has 0 saturated heterocycles. The van der Waals surface area contributed by atoms with Crippen LogP contribution in [-0.2, 0) is 11.3 Å². The Morgan fingerprint density at radius 3 is 2.67 bits per heavy atom. The minimum absolute atomic E-state index is 0.138. The zero-order valence-electron chi connectivity index (χ0n) is 15.0. The predicted octanol–water partition coefficient (Wildman–Crippen LogP) is 3.76. The molecule has 1 amide bonds. The van der Waals surface area contributed by atoms with Crippen LogP contribution in [0.15, 0.2) is 48.5 Å². The van der Waals surface area contributed by atoms with Gasteiger partial charge in [0, 0.05) is 17.8 Å². The summed E-state index contributed by atoms with van der Waals surface area (Å²) in [6.45, 7) is 4.12. The van der Waals surface area contributed by atoms with Gasteiger partial charge in [-0.2, -0.15) is 4.98 Å². The van der Waals surface area contributed by atoms with Gasteiger partial charge in [-0.05, 0) is 23.8 Å². The number of hydrogen-bond donors (Lipinski definition) is 1. The zero-order chi connectivity index (χ0) is 19.0. The van der Waals surface area contributed by atoms with E-state index in [2.05, 4.69) is 20.5 Å². The van der Waals surface area contributed by atoms with Gasteiger partial charge in [0.1, 0.15) is 11.3 Å². The van der Waals surface area contributed by atoms with E-state index in [9.17, 15) is 9.18 Å². The highest BCUT2D eigenvalue weighted by molar-refractivity contribution is 6.04. The standard InChI is InChI=1S/C20H18FN5O/c1-12(2)19(27)23-20-22-18-17(24-25-20)15-10-14(21)8-9-16(15)26(18)11-13-6-4-3-5-7-13/h3-10,12H,11H2,1-2H3,(H,22,23,25,27). The Hall–Kier alpha value is -3.35. The molecule has 2 aromatic heterocycles. The summed E-state index contributed by atoms with van der Waals surface area (Å²) < 4.78 is 15.8. The second-order valence-corrected chi connectivity index (χ2v) is 6.68. The molecule has 0 fully saturated rings. The average Bonchev–Trinajstić information content (AvgIpc) is 2.95. The van der Waals surface area contributed by atoms with Crippen molar-refractivity contribution in [2.24, 2.45) is 5.92 Å². The van der Waals surface area contributed by atoms with Crippen LogP contribution in [0.3, 0.4) is 0 Å². The van der Waals surface area contributed by atoms with Gasteiger partial charge in [-0.3, -0.25) is 10.1 Å². The van der Waals surface area contributed by atoms with Crippen LogP contribution < -0.4 is 5.32 Å². The number of anilines is 1. The number of rotatable bonds is 4. The van der Waals surface area contributed by atoms with Gasteiger partial charge in [0.25, 0.3) is 5.95 Å². The van der Waals surface area contributed by atoms with Gasteiger partial charge < -0.3 is 4.57 Å². The predicted molar refractivity (Wildman–Crippen MR) is 102 cm³/mol. The molecule has 0 aliphatic rings. The number of hydrogen-bond acceptors (Lipinski definition) is 4. The Labute approximate surface area is 155 Å². The van der Waals surface area contributed by atoms with Crippen molar-refractivity contribution >= 4 is 33.9 Å². The topological polar surface area (TPSA) is 72.7 Å². The molecule has 4 aromatic rings. The van der Waals surface area contributed by atoms with Crippen molar-refractivity contribution in [2.75, 3.05) is 5.32 Å². The number of amides is 1. The van der Waals surface area contributed by atoms with Crippen LogP contribution in [0.2, 0.25) is 0 Å². The third kappa shape index (κ3) is 3.23. The summed E-state index contributed by atoms with van der Waals surface area (Å²) in [5, 5.41) is 11.5. The number of aromatic nitrogens is 4. The maximum Gasteiger partial charge on any atom is 0.251 e. The van der Waals surface area contributed by atoms with Gasteiger partial charge in [0.2, 0.25) is 5.91 Å². The third-order valence-corrected chi connectivity index (χ3v) is 4.37. The quantitative estimate of drug-likeness (QED) is 0.599. The molecule has 2 heterocycles. The molecule has 0 unspecified atom stereocenters. The molecule has 0 saturated carbocycles. The van der Waals surface area contributed by atoms with E-state index in [-0.39, 0.29) is 23.6 Å². The number of fused-ring (bicyclic) bond motifs is 3. The highest BCUT2D eigenvalue weighted by atomic mass is 19.1. The van der Waals surface area contributed by atoms with Gasteiger partial charge in [0.15, 0.2) is 5.65 Å². The van der Waals surface area contributed by atoms with E-state index in [0.717, 1.165) is 11.1 Å². The zero-order valence-corrected chi connectivity index (χ0v) is 15.0. The minimum atomic E-state index is -0.347. The Morgan fingerprint density at radius 2 is 1.93 bits per heavy atom. The third-order valence-electron chi connectivity index (χ3n) is 4.37. The maximum absolute atomic E-state index is 13.8. The SMILES string of the molecule is CC(C)C(=O)Nc1nnc2c3cc(F)ccc3n(Cc3ccccc3)c2n1. The summed E-state index contributed by atoms with van der Waals surface area (Å²) in [5.41, 5.74) is 2.94. The molecule has 0 aliphatic carbocycles. The van der Waals surface area contributed by atoms with Crippen molar-refractivity contribution in [3.8, 4) is 0 Å².